The number of nitriles is 1. The number of rotatable bonds is 5. The Morgan fingerprint density at radius 2 is 1.65 bits per heavy atom. The Morgan fingerprint density at radius 1 is 0.941 bits per heavy atom. The summed E-state index contributed by atoms with van der Waals surface area (Å²) in [4.78, 5) is 19.3. The van der Waals surface area contributed by atoms with Crippen LogP contribution < -0.4 is 11.0 Å². The molecular weight excluding hydrogens is 422 g/mol. The van der Waals surface area contributed by atoms with Crippen molar-refractivity contribution in [3.8, 4) is 28.5 Å². The Kier molecular flexibility index (Phi) is 6.37. The molecule has 0 unspecified atom stereocenters. The van der Waals surface area contributed by atoms with E-state index in [2.05, 4.69) is 71.6 Å². The fraction of sp³-hybridized carbons (Fsp3) is 0.143. The molecule has 168 valence electrons. The predicted molar refractivity (Wildman–Crippen MR) is 137 cm³/mol. The fourth-order valence-electron chi connectivity index (χ4n) is 3.56. The van der Waals surface area contributed by atoms with E-state index in [1.54, 1.807) is 18.3 Å². The topological polar surface area (TPSA) is 93.9 Å². The molecule has 0 saturated carbocycles. The highest BCUT2D eigenvalue weighted by atomic mass is 16.1. The van der Waals surface area contributed by atoms with Crippen molar-refractivity contribution in [2.45, 2.75) is 26.2 Å². The number of hydrogen-bond acceptors (Lipinski definition) is 5. The smallest absolute Gasteiger partial charge is 0.270 e. The number of benzene rings is 3. The summed E-state index contributed by atoms with van der Waals surface area (Å²) in [5.41, 5.74) is 7.71. The molecule has 3 aromatic carbocycles. The van der Waals surface area contributed by atoms with Crippen LogP contribution in [0.15, 0.2) is 88.8 Å². The minimum absolute atomic E-state index is 0.0362. The lowest BCUT2D eigenvalue weighted by molar-refractivity contribution is 0.590. The van der Waals surface area contributed by atoms with Crippen molar-refractivity contribution < 1.29 is 0 Å². The van der Waals surface area contributed by atoms with Crippen LogP contribution in [0, 0.1) is 11.3 Å². The maximum atomic E-state index is 12.4. The zero-order valence-electron chi connectivity index (χ0n) is 19.3. The third-order valence-electron chi connectivity index (χ3n) is 5.43. The number of nitrogens with zero attached hydrogens (tertiary/aromatic N) is 3. The standard InChI is InChI=1S/C28H25N5O/c1-28(2,3)23-14-12-20(13-15-23)22-11-7-8-19(16-22)18-30-33-27-31-25(21-9-5-4-6-10-21)24(17-29)26(34)32-27/h4-16,18H,1-3H3,(H2,31,32,33,34). The Bertz CT molecular complexity index is 1420. The maximum Gasteiger partial charge on any atom is 0.270 e. The van der Waals surface area contributed by atoms with Gasteiger partial charge in [0.2, 0.25) is 5.95 Å². The van der Waals surface area contributed by atoms with E-state index < -0.39 is 5.56 Å². The van der Waals surface area contributed by atoms with Gasteiger partial charge in [-0.05, 0) is 33.7 Å². The van der Waals surface area contributed by atoms with Gasteiger partial charge >= 0.3 is 0 Å². The van der Waals surface area contributed by atoms with Crippen LogP contribution >= 0.6 is 0 Å². The lowest BCUT2D eigenvalue weighted by Crippen LogP contribution is -2.16. The van der Waals surface area contributed by atoms with Gasteiger partial charge in [-0.15, -0.1) is 0 Å². The highest BCUT2D eigenvalue weighted by molar-refractivity contribution is 5.83. The van der Waals surface area contributed by atoms with Gasteiger partial charge in [-0.3, -0.25) is 9.78 Å². The molecule has 6 nitrogen and oxygen atoms in total. The van der Waals surface area contributed by atoms with Crippen molar-refractivity contribution in [2.24, 2.45) is 5.10 Å². The number of hydrazone groups is 1. The van der Waals surface area contributed by atoms with Crippen LogP contribution in [0.4, 0.5) is 5.95 Å². The first-order valence-corrected chi connectivity index (χ1v) is 10.9. The van der Waals surface area contributed by atoms with E-state index in [1.807, 2.05) is 42.5 Å². The normalized spacial score (nSPS) is 11.4. The molecule has 0 aliphatic heterocycles. The summed E-state index contributed by atoms with van der Waals surface area (Å²) in [6.45, 7) is 6.60. The van der Waals surface area contributed by atoms with Gasteiger partial charge in [0, 0.05) is 5.56 Å². The van der Waals surface area contributed by atoms with Gasteiger partial charge in [0.15, 0.2) is 0 Å². The molecule has 6 heteroatoms. The van der Waals surface area contributed by atoms with Gasteiger partial charge < -0.3 is 0 Å². The summed E-state index contributed by atoms with van der Waals surface area (Å²) in [7, 11) is 0. The Morgan fingerprint density at radius 3 is 2.32 bits per heavy atom. The molecule has 0 atom stereocenters. The van der Waals surface area contributed by atoms with Crippen LogP contribution in [0.1, 0.15) is 37.5 Å². The first-order chi connectivity index (χ1) is 16.3. The summed E-state index contributed by atoms with van der Waals surface area (Å²) < 4.78 is 0. The van der Waals surface area contributed by atoms with Gasteiger partial charge in [-0.2, -0.15) is 10.4 Å². The highest BCUT2D eigenvalue weighted by Gasteiger charge is 2.14. The maximum absolute atomic E-state index is 12.4. The second-order valence-corrected chi connectivity index (χ2v) is 8.94. The number of anilines is 1. The fourth-order valence-corrected chi connectivity index (χ4v) is 3.56. The Balaban J connectivity index is 1.55. The average molecular weight is 448 g/mol. The van der Waals surface area contributed by atoms with Crippen molar-refractivity contribution in [3.05, 3.63) is 106 Å². The molecule has 0 bridgehead atoms. The molecule has 0 fully saturated rings. The van der Waals surface area contributed by atoms with Crippen molar-refractivity contribution >= 4 is 12.2 Å². The molecule has 0 radical (unpaired) electrons. The van der Waals surface area contributed by atoms with E-state index in [4.69, 9.17) is 0 Å². The quantitative estimate of drug-likeness (QED) is 0.302. The zero-order chi connectivity index (χ0) is 24.1. The third kappa shape index (κ3) is 5.11. The van der Waals surface area contributed by atoms with Crippen LogP contribution in [-0.4, -0.2) is 16.2 Å². The Hall–Kier alpha value is -4.50. The number of aromatic amines is 1. The minimum Gasteiger partial charge on any atom is -0.290 e. The molecule has 0 aliphatic carbocycles. The lowest BCUT2D eigenvalue weighted by atomic mass is 9.86. The third-order valence-corrected chi connectivity index (χ3v) is 5.43. The van der Waals surface area contributed by atoms with E-state index in [1.165, 1.54) is 5.56 Å². The van der Waals surface area contributed by atoms with Crippen molar-refractivity contribution in [3.63, 3.8) is 0 Å². The van der Waals surface area contributed by atoms with Gasteiger partial charge in [0.1, 0.15) is 11.6 Å². The first-order valence-electron chi connectivity index (χ1n) is 10.9. The average Bonchev–Trinajstić information content (AvgIpc) is 2.84. The second kappa shape index (κ2) is 9.55. The van der Waals surface area contributed by atoms with Crippen LogP contribution in [0.5, 0.6) is 0 Å². The molecule has 0 amide bonds. The summed E-state index contributed by atoms with van der Waals surface area (Å²) in [6.07, 6.45) is 1.66. The van der Waals surface area contributed by atoms with Crippen LogP contribution in [0.3, 0.4) is 0 Å². The summed E-state index contributed by atoms with van der Waals surface area (Å²) in [6, 6.07) is 27.7. The number of aromatic nitrogens is 2. The van der Waals surface area contributed by atoms with Crippen molar-refractivity contribution in [1.29, 1.82) is 5.26 Å². The van der Waals surface area contributed by atoms with Crippen molar-refractivity contribution in [1.82, 2.24) is 9.97 Å². The minimum atomic E-state index is -0.519. The molecule has 0 saturated heterocycles. The van der Waals surface area contributed by atoms with E-state index >= 15 is 0 Å². The number of nitrogens with one attached hydrogen (secondary N) is 2. The molecule has 1 heterocycles. The monoisotopic (exact) mass is 447 g/mol. The summed E-state index contributed by atoms with van der Waals surface area (Å²) in [5.74, 6) is 0.160. The first kappa shape index (κ1) is 22.7. The molecule has 4 rings (SSSR count). The molecule has 0 aliphatic rings. The second-order valence-electron chi connectivity index (χ2n) is 8.94. The van der Waals surface area contributed by atoms with Gasteiger partial charge in [0.25, 0.3) is 5.56 Å². The van der Waals surface area contributed by atoms with Gasteiger partial charge in [0.05, 0.1) is 11.9 Å². The molecule has 4 aromatic rings. The molecule has 0 spiro atoms. The summed E-state index contributed by atoms with van der Waals surface area (Å²) >= 11 is 0. The van der Waals surface area contributed by atoms with E-state index in [-0.39, 0.29) is 16.9 Å². The number of hydrogen-bond donors (Lipinski definition) is 2. The molecule has 2 N–H and O–H groups in total. The largest absolute Gasteiger partial charge is 0.290 e. The predicted octanol–water partition coefficient (Wildman–Crippen LogP) is 5.72. The lowest BCUT2D eigenvalue weighted by Gasteiger charge is -2.19. The van der Waals surface area contributed by atoms with Gasteiger partial charge in [-0.25, -0.2) is 10.4 Å². The van der Waals surface area contributed by atoms with E-state index in [9.17, 15) is 10.1 Å². The van der Waals surface area contributed by atoms with Crippen LogP contribution in [0.2, 0.25) is 0 Å². The molecule has 34 heavy (non-hydrogen) atoms. The Labute approximate surface area is 198 Å². The SMILES string of the molecule is CC(C)(C)c1ccc(-c2cccc(C=NNc3nc(-c4ccccc4)c(C#N)c(=O)[nH]3)c2)cc1. The van der Waals surface area contributed by atoms with Gasteiger partial charge in [-0.1, -0.05) is 93.6 Å². The molecular formula is C28H25N5O. The number of H-pyrrole nitrogens is 1. The van der Waals surface area contributed by atoms with Crippen molar-refractivity contribution in [2.75, 3.05) is 5.43 Å². The highest BCUT2D eigenvalue weighted by Crippen LogP contribution is 2.26. The summed E-state index contributed by atoms with van der Waals surface area (Å²) in [5, 5.41) is 13.6. The van der Waals surface area contributed by atoms with Crippen LogP contribution in [0.25, 0.3) is 22.4 Å². The zero-order valence-corrected chi connectivity index (χ0v) is 19.3. The van der Waals surface area contributed by atoms with Crippen LogP contribution in [-0.2, 0) is 5.41 Å². The van der Waals surface area contributed by atoms with E-state index in [0.29, 0.717) is 11.3 Å². The van der Waals surface area contributed by atoms with E-state index in [0.717, 1.165) is 16.7 Å². The molecule has 1 aromatic heterocycles.